The van der Waals surface area contributed by atoms with Crippen molar-refractivity contribution in [2.45, 2.75) is 38.8 Å². The Kier molecular flexibility index (Phi) is 4.70. The molecule has 2 atom stereocenters. The Morgan fingerprint density at radius 2 is 2.21 bits per heavy atom. The lowest BCUT2D eigenvalue weighted by Gasteiger charge is -2.20. The van der Waals surface area contributed by atoms with Crippen molar-refractivity contribution in [3.8, 4) is 0 Å². The van der Waals surface area contributed by atoms with Gasteiger partial charge in [-0.15, -0.1) is 0 Å². The maximum Gasteiger partial charge on any atom is 0.120 e. The summed E-state index contributed by atoms with van der Waals surface area (Å²) in [5.74, 6) is 0.944. The first-order chi connectivity index (χ1) is 6.81. The minimum absolute atomic E-state index is 0.157. The third-order valence-corrected chi connectivity index (χ3v) is 2.44. The zero-order valence-corrected chi connectivity index (χ0v) is 8.86. The van der Waals surface area contributed by atoms with Crippen molar-refractivity contribution in [2.75, 3.05) is 6.61 Å². The largest absolute Gasteiger partial charge is 0.468 e. The number of hydrogen-bond donors (Lipinski definition) is 2. The van der Waals surface area contributed by atoms with Crippen molar-refractivity contribution in [2.24, 2.45) is 0 Å². The highest BCUT2D eigenvalue weighted by atomic mass is 16.3. The summed E-state index contributed by atoms with van der Waals surface area (Å²) in [7, 11) is 0. The molecule has 14 heavy (non-hydrogen) atoms. The Morgan fingerprint density at radius 1 is 1.43 bits per heavy atom. The third kappa shape index (κ3) is 2.86. The summed E-state index contributed by atoms with van der Waals surface area (Å²) in [6, 6.07) is 4.22. The lowest BCUT2D eigenvalue weighted by molar-refractivity contribution is 0.220. The van der Waals surface area contributed by atoms with Crippen LogP contribution in [0.1, 0.15) is 38.5 Å². The molecule has 0 amide bonds. The number of rotatable bonds is 6. The van der Waals surface area contributed by atoms with E-state index in [1.54, 1.807) is 6.26 Å². The molecule has 80 valence electrons. The van der Waals surface area contributed by atoms with Gasteiger partial charge in [-0.25, -0.2) is 0 Å². The lowest BCUT2D eigenvalue weighted by Crippen LogP contribution is -2.34. The van der Waals surface area contributed by atoms with Gasteiger partial charge in [-0.05, 0) is 25.0 Å². The average Bonchev–Trinajstić information content (AvgIpc) is 2.73. The van der Waals surface area contributed by atoms with Crippen molar-refractivity contribution in [1.29, 1.82) is 0 Å². The predicted octanol–water partition coefficient (Wildman–Crippen LogP) is 2.09. The summed E-state index contributed by atoms with van der Waals surface area (Å²) in [6.45, 7) is 4.33. The molecule has 2 N–H and O–H groups in total. The molecular formula is C11H19NO2. The van der Waals surface area contributed by atoms with Crippen molar-refractivity contribution in [1.82, 2.24) is 5.32 Å². The van der Waals surface area contributed by atoms with Crippen molar-refractivity contribution >= 4 is 0 Å². The molecule has 1 heterocycles. The van der Waals surface area contributed by atoms with Gasteiger partial charge in [-0.1, -0.05) is 13.8 Å². The SMILES string of the molecule is CCC(CO)NC(CC)c1ccco1. The van der Waals surface area contributed by atoms with Crippen molar-refractivity contribution in [3.63, 3.8) is 0 Å². The minimum atomic E-state index is 0.157. The van der Waals surface area contributed by atoms with Crippen LogP contribution in [-0.2, 0) is 0 Å². The molecule has 0 saturated heterocycles. The highest BCUT2D eigenvalue weighted by molar-refractivity contribution is 5.04. The second kappa shape index (κ2) is 5.83. The van der Waals surface area contributed by atoms with Gasteiger partial charge in [0.25, 0.3) is 0 Å². The summed E-state index contributed by atoms with van der Waals surface area (Å²) < 4.78 is 5.33. The fraction of sp³-hybridized carbons (Fsp3) is 0.636. The molecule has 0 radical (unpaired) electrons. The molecule has 0 aliphatic heterocycles. The molecular weight excluding hydrogens is 178 g/mol. The summed E-state index contributed by atoms with van der Waals surface area (Å²) in [4.78, 5) is 0. The van der Waals surface area contributed by atoms with E-state index in [2.05, 4.69) is 19.2 Å². The van der Waals surface area contributed by atoms with Crippen LogP contribution < -0.4 is 5.32 Å². The Bertz CT molecular complexity index is 229. The van der Waals surface area contributed by atoms with E-state index in [9.17, 15) is 0 Å². The summed E-state index contributed by atoms with van der Waals surface area (Å²) in [5.41, 5.74) is 0. The fourth-order valence-corrected chi connectivity index (χ4v) is 1.47. The van der Waals surface area contributed by atoms with Gasteiger partial charge in [-0.2, -0.15) is 0 Å². The van der Waals surface area contributed by atoms with Crippen molar-refractivity contribution < 1.29 is 9.52 Å². The molecule has 1 rings (SSSR count). The molecule has 0 bridgehead atoms. The van der Waals surface area contributed by atoms with E-state index < -0.39 is 0 Å². The zero-order chi connectivity index (χ0) is 10.4. The second-order valence-corrected chi connectivity index (χ2v) is 3.43. The summed E-state index contributed by atoms with van der Waals surface area (Å²) >= 11 is 0. The molecule has 2 unspecified atom stereocenters. The quantitative estimate of drug-likeness (QED) is 0.734. The maximum absolute atomic E-state index is 9.07. The highest BCUT2D eigenvalue weighted by Crippen LogP contribution is 2.17. The number of furan rings is 1. The first kappa shape index (κ1) is 11.3. The molecule has 0 fully saturated rings. The third-order valence-electron chi connectivity index (χ3n) is 2.44. The molecule has 1 aromatic rings. The van der Waals surface area contributed by atoms with Gasteiger partial charge in [-0.3, -0.25) is 0 Å². The monoisotopic (exact) mass is 197 g/mol. The van der Waals surface area contributed by atoms with Gasteiger partial charge in [0.1, 0.15) is 5.76 Å². The second-order valence-electron chi connectivity index (χ2n) is 3.43. The molecule has 3 heteroatoms. The van der Waals surface area contributed by atoms with E-state index in [0.717, 1.165) is 18.6 Å². The van der Waals surface area contributed by atoms with Crippen LogP contribution in [0.15, 0.2) is 22.8 Å². The van der Waals surface area contributed by atoms with Gasteiger partial charge < -0.3 is 14.8 Å². The Hall–Kier alpha value is -0.800. The Labute approximate surface area is 85.1 Å². The molecule has 1 aromatic heterocycles. The normalized spacial score (nSPS) is 15.4. The van der Waals surface area contributed by atoms with E-state index in [4.69, 9.17) is 9.52 Å². The molecule has 0 saturated carbocycles. The lowest BCUT2D eigenvalue weighted by atomic mass is 10.1. The molecule has 0 spiro atoms. The Morgan fingerprint density at radius 3 is 2.64 bits per heavy atom. The van der Waals surface area contributed by atoms with Gasteiger partial charge in [0, 0.05) is 6.04 Å². The van der Waals surface area contributed by atoms with E-state index in [1.807, 2.05) is 12.1 Å². The average molecular weight is 197 g/mol. The summed E-state index contributed by atoms with van der Waals surface area (Å²) in [5, 5.41) is 12.4. The van der Waals surface area contributed by atoms with E-state index >= 15 is 0 Å². The fourth-order valence-electron chi connectivity index (χ4n) is 1.47. The van der Waals surface area contributed by atoms with E-state index in [1.165, 1.54) is 0 Å². The van der Waals surface area contributed by atoms with Gasteiger partial charge in [0.05, 0.1) is 18.9 Å². The van der Waals surface area contributed by atoms with Crippen LogP contribution in [0.4, 0.5) is 0 Å². The Balaban J connectivity index is 2.55. The van der Waals surface area contributed by atoms with Crippen LogP contribution >= 0.6 is 0 Å². The predicted molar refractivity (Wildman–Crippen MR) is 56.0 cm³/mol. The standard InChI is InChI=1S/C11H19NO2/c1-3-9(8-13)12-10(4-2)11-6-5-7-14-11/h5-7,9-10,12-13H,3-4,8H2,1-2H3. The minimum Gasteiger partial charge on any atom is -0.468 e. The molecule has 3 nitrogen and oxygen atoms in total. The first-order valence-corrected chi connectivity index (χ1v) is 5.22. The van der Waals surface area contributed by atoms with E-state index in [-0.39, 0.29) is 18.7 Å². The van der Waals surface area contributed by atoms with Gasteiger partial charge in [0.15, 0.2) is 0 Å². The molecule has 0 aliphatic carbocycles. The number of aliphatic hydroxyl groups excluding tert-OH is 1. The maximum atomic E-state index is 9.07. The highest BCUT2D eigenvalue weighted by Gasteiger charge is 2.15. The van der Waals surface area contributed by atoms with Crippen LogP contribution in [0.2, 0.25) is 0 Å². The van der Waals surface area contributed by atoms with Crippen LogP contribution in [0, 0.1) is 0 Å². The number of hydrogen-bond acceptors (Lipinski definition) is 3. The molecule has 0 aliphatic rings. The van der Waals surface area contributed by atoms with Crippen molar-refractivity contribution in [3.05, 3.63) is 24.2 Å². The zero-order valence-electron chi connectivity index (χ0n) is 8.86. The smallest absolute Gasteiger partial charge is 0.120 e. The van der Waals surface area contributed by atoms with Crippen LogP contribution in [0.3, 0.4) is 0 Å². The summed E-state index contributed by atoms with van der Waals surface area (Å²) in [6.07, 6.45) is 3.57. The van der Waals surface area contributed by atoms with Crippen LogP contribution in [-0.4, -0.2) is 17.8 Å². The van der Waals surface area contributed by atoms with Crippen LogP contribution in [0.5, 0.6) is 0 Å². The first-order valence-electron chi connectivity index (χ1n) is 5.22. The topological polar surface area (TPSA) is 45.4 Å². The number of aliphatic hydroxyl groups is 1. The number of nitrogens with one attached hydrogen (secondary N) is 1. The van der Waals surface area contributed by atoms with Gasteiger partial charge >= 0.3 is 0 Å². The van der Waals surface area contributed by atoms with Crippen LogP contribution in [0.25, 0.3) is 0 Å². The van der Waals surface area contributed by atoms with E-state index in [0.29, 0.717) is 0 Å². The van der Waals surface area contributed by atoms with Gasteiger partial charge in [0.2, 0.25) is 0 Å². The molecule has 0 aromatic carbocycles.